The molecule has 0 saturated heterocycles. The summed E-state index contributed by atoms with van der Waals surface area (Å²) in [6.07, 6.45) is 1.81. The summed E-state index contributed by atoms with van der Waals surface area (Å²) in [5.41, 5.74) is 3.33. The van der Waals surface area contributed by atoms with Crippen LogP contribution in [0.5, 0.6) is 11.5 Å². The van der Waals surface area contributed by atoms with Gasteiger partial charge in [0.1, 0.15) is 19.3 Å². The molecule has 9 nitrogen and oxygen atoms in total. The lowest BCUT2D eigenvalue weighted by molar-refractivity contribution is -0.141. The molecule has 0 radical (unpaired) electrons. The van der Waals surface area contributed by atoms with Crippen LogP contribution in [-0.2, 0) is 32.6 Å². The topological polar surface area (TPSA) is 105 Å². The van der Waals surface area contributed by atoms with E-state index >= 15 is 0 Å². The highest BCUT2D eigenvalue weighted by Gasteiger charge is 2.30. The molecule has 1 heterocycles. The summed E-state index contributed by atoms with van der Waals surface area (Å²) in [6.45, 7) is 3.14. The van der Waals surface area contributed by atoms with Gasteiger partial charge in [0.15, 0.2) is 11.5 Å². The Kier molecular flexibility index (Phi) is 9.88. The minimum Gasteiger partial charge on any atom is -0.486 e. The van der Waals surface area contributed by atoms with Gasteiger partial charge in [-0.3, -0.25) is 13.9 Å². The van der Waals surface area contributed by atoms with Gasteiger partial charge in [-0.05, 0) is 42.2 Å². The van der Waals surface area contributed by atoms with Crippen LogP contribution in [0.4, 0.5) is 5.69 Å². The average Bonchev–Trinajstić information content (AvgIpc) is 2.97. The van der Waals surface area contributed by atoms with Gasteiger partial charge in [0.25, 0.3) is 0 Å². The molecule has 1 atom stereocenters. The molecule has 0 fully saturated rings. The zero-order chi connectivity index (χ0) is 29.4. The number of anilines is 1. The lowest BCUT2D eigenvalue weighted by atomic mass is 10.0. The number of amides is 2. The summed E-state index contributed by atoms with van der Waals surface area (Å²) >= 11 is 0. The first-order valence-corrected chi connectivity index (χ1v) is 15.5. The summed E-state index contributed by atoms with van der Waals surface area (Å²) in [5, 5.41) is 2.72. The van der Waals surface area contributed by atoms with E-state index in [1.165, 1.54) is 4.31 Å². The summed E-state index contributed by atoms with van der Waals surface area (Å²) in [5.74, 6) is 0.560. The number of fused-ring (bicyclic) bond motifs is 1. The number of hydrogen-bond acceptors (Lipinski definition) is 6. The molecule has 41 heavy (non-hydrogen) atoms. The zero-order valence-electron chi connectivity index (χ0n) is 23.7. The maximum absolute atomic E-state index is 13.8. The molecule has 1 aliphatic rings. The Labute approximate surface area is 242 Å². The number of hydrogen-bond donors (Lipinski definition) is 1. The van der Waals surface area contributed by atoms with Crippen molar-refractivity contribution in [2.75, 3.05) is 37.4 Å². The molecule has 0 saturated carbocycles. The minimum absolute atomic E-state index is 0.0603. The van der Waals surface area contributed by atoms with Gasteiger partial charge in [-0.2, -0.15) is 0 Å². The molecule has 2 amide bonds. The fourth-order valence-electron chi connectivity index (χ4n) is 4.88. The van der Waals surface area contributed by atoms with Crippen molar-refractivity contribution in [2.45, 2.75) is 38.8 Å². The molecule has 3 aromatic carbocycles. The van der Waals surface area contributed by atoms with Crippen LogP contribution < -0.4 is 19.1 Å². The largest absolute Gasteiger partial charge is 0.486 e. The Bertz CT molecular complexity index is 1460. The third-order valence-corrected chi connectivity index (χ3v) is 8.28. The van der Waals surface area contributed by atoms with E-state index in [4.69, 9.17) is 9.47 Å². The molecule has 4 rings (SSSR count). The molecule has 0 unspecified atom stereocenters. The van der Waals surface area contributed by atoms with Gasteiger partial charge in [0.05, 0.1) is 11.9 Å². The number of likely N-dealkylation sites (N-methyl/N-ethyl adjacent to an activating group) is 1. The average molecular weight is 580 g/mol. The Morgan fingerprint density at radius 2 is 1.63 bits per heavy atom. The van der Waals surface area contributed by atoms with Crippen LogP contribution in [-0.4, -0.2) is 64.2 Å². The normalized spacial score (nSPS) is 13.2. The van der Waals surface area contributed by atoms with Crippen LogP contribution in [0.25, 0.3) is 0 Å². The van der Waals surface area contributed by atoms with Gasteiger partial charge >= 0.3 is 0 Å². The second-order valence-electron chi connectivity index (χ2n) is 10.0. The van der Waals surface area contributed by atoms with E-state index in [2.05, 4.69) is 5.32 Å². The molecular formula is C31H37N3O6S. The number of rotatable bonds is 12. The number of carbonyl (C=O) groups is 2. The fourth-order valence-corrected chi connectivity index (χ4v) is 5.84. The maximum atomic E-state index is 13.8. The van der Waals surface area contributed by atoms with E-state index in [1.807, 2.05) is 61.5 Å². The number of ether oxygens (including phenoxy) is 2. The monoisotopic (exact) mass is 579 g/mol. The molecule has 10 heteroatoms. The van der Waals surface area contributed by atoms with E-state index in [9.17, 15) is 18.0 Å². The lowest BCUT2D eigenvalue weighted by Crippen LogP contribution is -2.50. The van der Waals surface area contributed by atoms with Crippen LogP contribution in [0.1, 0.15) is 29.5 Å². The van der Waals surface area contributed by atoms with Crippen molar-refractivity contribution >= 4 is 27.5 Å². The predicted octanol–water partition coefficient (Wildman–Crippen LogP) is 3.70. The van der Waals surface area contributed by atoms with Crippen molar-refractivity contribution in [3.05, 3.63) is 89.5 Å². The highest BCUT2D eigenvalue weighted by Crippen LogP contribution is 2.34. The summed E-state index contributed by atoms with van der Waals surface area (Å²) in [4.78, 5) is 28.6. The SMILES string of the molecule is CNC(=O)[C@@H](Cc1ccccc1)N(Cc1ccccc1C)C(=O)CCCN(c1ccc2c(c1)OCCO2)S(C)(=O)=O. The number of benzene rings is 3. The van der Waals surface area contributed by atoms with Gasteiger partial charge < -0.3 is 19.7 Å². The van der Waals surface area contributed by atoms with Crippen molar-refractivity contribution in [1.29, 1.82) is 0 Å². The van der Waals surface area contributed by atoms with Gasteiger partial charge in [-0.1, -0.05) is 54.6 Å². The number of nitrogens with zero attached hydrogens (tertiary/aromatic N) is 2. The molecule has 3 aromatic rings. The van der Waals surface area contributed by atoms with E-state index in [0.29, 0.717) is 36.8 Å². The minimum atomic E-state index is -3.64. The quantitative estimate of drug-likeness (QED) is 0.351. The predicted molar refractivity (Wildman–Crippen MR) is 159 cm³/mol. The molecule has 1 aliphatic heterocycles. The summed E-state index contributed by atoms with van der Waals surface area (Å²) in [6, 6.07) is 21.6. The maximum Gasteiger partial charge on any atom is 0.242 e. The Balaban J connectivity index is 1.55. The van der Waals surface area contributed by atoms with E-state index in [1.54, 1.807) is 30.1 Å². The first-order chi connectivity index (χ1) is 19.7. The van der Waals surface area contributed by atoms with E-state index < -0.39 is 16.1 Å². The van der Waals surface area contributed by atoms with Gasteiger partial charge in [-0.25, -0.2) is 8.42 Å². The van der Waals surface area contributed by atoms with Gasteiger partial charge in [0.2, 0.25) is 21.8 Å². The fraction of sp³-hybridized carbons (Fsp3) is 0.355. The first kappa shape index (κ1) is 29.9. The van der Waals surface area contributed by atoms with Crippen molar-refractivity contribution < 1.29 is 27.5 Å². The number of nitrogens with one attached hydrogen (secondary N) is 1. The smallest absolute Gasteiger partial charge is 0.242 e. The number of sulfonamides is 1. The van der Waals surface area contributed by atoms with Crippen LogP contribution in [0.15, 0.2) is 72.8 Å². The van der Waals surface area contributed by atoms with Gasteiger partial charge in [-0.15, -0.1) is 0 Å². The molecule has 0 aromatic heterocycles. The van der Waals surface area contributed by atoms with Crippen molar-refractivity contribution in [2.24, 2.45) is 0 Å². The van der Waals surface area contributed by atoms with Crippen molar-refractivity contribution in [3.63, 3.8) is 0 Å². The number of carbonyl (C=O) groups excluding carboxylic acids is 2. The standard InChI is InChI=1S/C31H37N3O6S/c1-23-10-7-8-13-25(23)22-33(27(31(36)32-2)20-24-11-5-4-6-12-24)30(35)14-9-17-34(41(3,37)38)26-15-16-28-29(21-26)40-19-18-39-28/h4-8,10-13,15-16,21,27H,9,14,17-20,22H2,1-3H3,(H,32,36)/t27-/m1/s1. The first-order valence-electron chi connectivity index (χ1n) is 13.6. The second-order valence-corrected chi connectivity index (χ2v) is 11.9. The Morgan fingerprint density at radius 1 is 0.951 bits per heavy atom. The molecule has 0 bridgehead atoms. The summed E-state index contributed by atoms with van der Waals surface area (Å²) < 4.78 is 37.9. The third-order valence-electron chi connectivity index (χ3n) is 7.09. The summed E-state index contributed by atoms with van der Waals surface area (Å²) in [7, 11) is -2.08. The molecule has 218 valence electrons. The zero-order valence-corrected chi connectivity index (χ0v) is 24.5. The molecular weight excluding hydrogens is 542 g/mol. The van der Waals surface area contributed by atoms with Crippen molar-refractivity contribution in [3.8, 4) is 11.5 Å². The Hall–Kier alpha value is -4.05. The number of aryl methyl sites for hydroxylation is 1. The third kappa shape index (κ3) is 7.79. The van der Waals surface area contributed by atoms with Crippen LogP contribution >= 0.6 is 0 Å². The van der Waals surface area contributed by atoms with Crippen LogP contribution in [0.2, 0.25) is 0 Å². The highest BCUT2D eigenvalue weighted by molar-refractivity contribution is 7.92. The second kappa shape index (κ2) is 13.5. The Morgan fingerprint density at radius 3 is 2.32 bits per heavy atom. The lowest BCUT2D eigenvalue weighted by Gasteiger charge is -2.32. The van der Waals surface area contributed by atoms with E-state index in [0.717, 1.165) is 22.9 Å². The van der Waals surface area contributed by atoms with Crippen LogP contribution in [0, 0.1) is 6.92 Å². The molecule has 1 N–H and O–H groups in total. The van der Waals surface area contributed by atoms with E-state index in [-0.39, 0.29) is 37.7 Å². The van der Waals surface area contributed by atoms with Gasteiger partial charge in [0, 0.05) is 39.0 Å². The molecule has 0 spiro atoms. The van der Waals surface area contributed by atoms with Crippen molar-refractivity contribution in [1.82, 2.24) is 10.2 Å². The molecule has 0 aliphatic carbocycles. The highest BCUT2D eigenvalue weighted by atomic mass is 32.2. The van der Waals surface area contributed by atoms with Crippen LogP contribution in [0.3, 0.4) is 0 Å².